The smallest absolute Gasteiger partial charge is 0.144 e. The molecular formula is C16H21N3O2. The van der Waals surface area contributed by atoms with Crippen LogP contribution in [0.1, 0.15) is 19.5 Å². The molecular weight excluding hydrogens is 266 g/mol. The summed E-state index contributed by atoms with van der Waals surface area (Å²) in [5.74, 6) is 1.37. The second kappa shape index (κ2) is 7.38. The first-order valence-electron chi connectivity index (χ1n) is 7.07. The molecule has 0 saturated carbocycles. The van der Waals surface area contributed by atoms with Gasteiger partial charge in [-0.3, -0.25) is 4.98 Å². The average Bonchev–Trinajstić information content (AvgIpc) is 2.50. The van der Waals surface area contributed by atoms with Gasteiger partial charge in [0.15, 0.2) is 0 Å². The zero-order valence-electron chi connectivity index (χ0n) is 12.4. The van der Waals surface area contributed by atoms with Crippen LogP contribution in [0.3, 0.4) is 0 Å². The number of hydrogen-bond donors (Lipinski definition) is 2. The number of rotatable bonds is 7. The molecule has 5 heteroatoms. The number of nitrogen functional groups attached to an aromatic ring is 1. The molecule has 2 rings (SSSR count). The van der Waals surface area contributed by atoms with E-state index in [2.05, 4.69) is 10.3 Å². The number of pyridine rings is 1. The Kier molecular flexibility index (Phi) is 5.26. The Morgan fingerprint density at radius 2 is 1.86 bits per heavy atom. The highest BCUT2D eigenvalue weighted by molar-refractivity contribution is 5.69. The third kappa shape index (κ3) is 4.02. The van der Waals surface area contributed by atoms with Crippen molar-refractivity contribution in [1.29, 1.82) is 0 Å². The van der Waals surface area contributed by atoms with E-state index in [-0.39, 0.29) is 0 Å². The van der Waals surface area contributed by atoms with Crippen LogP contribution in [0.4, 0.5) is 11.4 Å². The summed E-state index contributed by atoms with van der Waals surface area (Å²) in [4.78, 5) is 4.29. The van der Waals surface area contributed by atoms with Gasteiger partial charge in [0, 0.05) is 18.3 Å². The fourth-order valence-corrected chi connectivity index (χ4v) is 1.96. The molecule has 0 bridgehead atoms. The number of nitrogens with two attached hydrogens (primary N) is 1. The van der Waals surface area contributed by atoms with E-state index in [0.717, 1.165) is 17.1 Å². The third-order valence-electron chi connectivity index (χ3n) is 2.90. The molecule has 1 heterocycles. The molecule has 0 aliphatic rings. The number of aromatic nitrogens is 1. The van der Waals surface area contributed by atoms with Crippen molar-refractivity contribution < 1.29 is 9.47 Å². The normalized spacial score (nSPS) is 10.2. The van der Waals surface area contributed by atoms with Crippen LogP contribution in [0.2, 0.25) is 0 Å². The van der Waals surface area contributed by atoms with Crippen LogP contribution in [0.5, 0.6) is 11.5 Å². The lowest BCUT2D eigenvalue weighted by atomic mass is 10.2. The maximum atomic E-state index is 5.97. The molecule has 0 amide bonds. The van der Waals surface area contributed by atoms with Crippen LogP contribution in [0.15, 0.2) is 36.5 Å². The average molecular weight is 287 g/mol. The minimum absolute atomic E-state index is 0.567. The quantitative estimate of drug-likeness (QED) is 0.766. The van der Waals surface area contributed by atoms with Crippen molar-refractivity contribution >= 4 is 11.4 Å². The predicted octanol–water partition coefficient (Wildman–Crippen LogP) is 3.07. The van der Waals surface area contributed by atoms with E-state index in [9.17, 15) is 0 Å². The Hall–Kier alpha value is -2.43. The summed E-state index contributed by atoms with van der Waals surface area (Å²) < 4.78 is 11.1. The Bertz CT molecular complexity index is 573. The number of nitrogens with zero attached hydrogens (tertiary/aromatic N) is 1. The summed E-state index contributed by atoms with van der Waals surface area (Å²) in [6.45, 7) is 5.62. The first-order chi connectivity index (χ1) is 10.2. The van der Waals surface area contributed by atoms with E-state index >= 15 is 0 Å². The van der Waals surface area contributed by atoms with Crippen LogP contribution in [0.25, 0.3) is 0 Å². The molecule has 0 atom stereocenters. The lowest BCUT2D eigenvalue weighted by molar-refractivity contribution is 0.333. The number of benzene rings is 1. The molecule has 0 unspecified atom stereocenters. The van der Waals surface area contributed by atoms with Gasteiger partial charge in [0.2, 0.25) is 0 Å². The molecule has 1 aromatic carbocycles. The van der Waals surface area contributed by atoms with Gasteiger partial charge in [0.25, 0.3) is 0 Å². The second-order valence-corrected chi connectivity index (χ2v) is 4.43. The van der Waals surface area contributed by atoms with Gasteiger partial charge in [0.1, 0.15) is 11.5 Å². The van der Waals surface area contributed by atoms with Gasteiger partial charge >= 0.3 is 0 Å². The monoisotopic (exact) mass is 287 g/mol. The van der Waals surface area contributed by atoms with Crippen LogP contribution < -0.4 is 20.5 Å². The molecule has 0 saturated heterocycles. The first kappa shape index (κ1) is 15.0. The molecule has 2 aromatic rings. The van der Waals surface area contributed by atoms with Crippen LogP contribution >= 0.6 is 0 Å². The molecule has 21 heavy (non-hydrogen) atoms. The van der Waals surface area contributed by atoms with Gasteiger partial charge < -0.3 is 20.5 Å². The highest BCUT2D eigenvalue weighted by Crippen LogP contribution is 2.35. The number of hydrogen-bond acceptors (Lipinski definition) is 5. The zero-order chi connectivity index (χ0) is 15.1. The summed E-state index contributed by atoms with van der Waals surface area (Å²) >= 11 is 0. The van der Waals surface area contributed by atoms with E-state index in [0.29, 0.717) is 31.2 Å². The number of anilines is 2. The maximum Gasteiger partial charge on any atom is 0.144 e. The molecule has 0 aliphatic heterocycles. The van der Waals surface area contributed by atoms with Crippen LogP contribution in [-0.2, 0) is 6.54 Å². The molecule has 0 spiro atoms. The van der Waals surface area contributed by atoms with Gasteiger partial charge in [-0.05, 0) is 26.0 Å². The molecule has 112 valence electrons. The van der Waals surface area contributed by atoms with E-state index in [1.807, 2.05) is 38.1 Å². The Balaban J connectivity index is 2.20. The van der Waals surface area contributed by atoms with E-state index in [1.54, 1.807) is 12.3 Å². The number of ether oxygens (including phenoxy) is 2. The standard InChI is InChI=1S/C16H21N3O2/c1-3-20-15-10-14(16(21-4-2)9-13(15)17)19-11-12-7-5-6-8-18-12/h5-10,19H,3-4,11,17H2,1-2H3. The molecule has 0 fully saturated rings. The summed E-state index contributed by atoms with van der Waals surface area (Å²) in [5.41, 5.74) is 8.34. The zero-order valence-corrected chi connectivity index (χ0v) is 12.4. The van der Waals surface area contributed by atoms with Crippen molar-refractivity contribution in [2.24, 2.45) is 0 Å². The van der Waals surface area contributed by atoms with Crippen molar-refractivity contribution in [3.8, 4) is 11.5 Å². The van der Waals surface area contributed by atoms with Crippen LogP contribution in [0, 0.1) is 0 Å². The molecule has 0 radical (unpaired) electrons. The van der Waals surface area contributed by atoms with E-state index in [1.165, 1.54) is 0 Å². The molecule has 0 aliphatic carbocycles. The van der Waals surface area contributed by atoms with Crippen molar-refractivity contribution in [2.75, 3.05) is 24.3 Å². The second-order valence-electron chi connectivity index (χ2n) is 4.43. The Morgan fingerprint density at radius 3 is 2.52 bits per heavy atom. The predicted molar refractivity (Wildman–Crippen MR) is 84.8 cm³/mol. The summed E-state index contributed by atoms with van der Waals surface area (Å²) in [6.07, 6.45) is 1.77. The highest BCUT2D eigenvalue weighted by atomic mass is 16.5. The lowest BCUT2D eigenvalue weighted by Crippen LogP contribution is -2.06. The first-order valence-corrected chi connectivity index (χ1v) is 7.07. The van der Waals surface area contributed by atoms with Crippen molar-refractivity contribution in [3.05, 3.63) is 42.2 Å². The number of nitrogens with one attached hydrogen (secondary N) is 1. The van der Waals surface area contributed by atoms with E-state index in [4.69, 9.17) is 15.2 Å². The van der Waals surface area contributed by atoms with Gasteiger partial charge in [-0.1, -0.05) is 6.07 Å². The minimum atomic E-state index is 0.567. The topological polar surface area (TPSA) is 69.4 Å². The Labute approximate surface area is 125 Å². The van der Waals surface area contributed by atoms with Gasteiger partial charge in [0.05, 0.1) is 36.8 Å². The van der Waals surface area contributed by atoms with Crippen LogP contribution in [-0.4, -0.2) is 18.2 Å². The van der Waals surface area contributed by atoms with Gasteiger partial charge in [-0.15, -0.1) is 0 Å². The van der Waals surface area contributed by atoms with Crippen molar-refractivity contribution in [3.63, 3.8) is 0 Å². The summed E-state index contributed by atoms with van der Waals surface area (Å²) in [5, 5.41) is 3.32. The fraction of sp³-hybridized carbons (Fsp3) is 0.312. The van der Waals surface area contributed by atoms with Gasteiger partial charge in [-0.25, -0.2) is 0 Å². The molecule has 3 N–H and O–H groups in total. The highest BCUT2D eigenvalue weighted by Gasteiger charge is 2.10. The van der Waals surface area contributed by atoms with E-state index < -0.39 is 0 Å². The Morgan fingerprint density at radius 1 is 1.10 bits per heavy atom. The lowest BCUT2D eigenvalue weighted by Gasteiger charge is -2.16. The SMILES string of the molecule is CCOc1cc(NCc2ccccn2)c(OCC)cc1N. The molecule has 1 aromatic heterocycles. The van der Waals surface area contributed by atoms with Crippen molar-refractivity contribution in [1.82, 2.24) is 4.98 Å². The third-order valence-corrected chi connectivity index (χ3v) is 2.90. The summed E-state index contributed by atoms with van der Waals surface area (Å²) in [6, 6.07) is 9.48. The molecule has 5 nitrogen and oxygen atoms in total. The maximum absolute atomic E-state index is 5.97. The fourth-order valence-electron chi connectivity index (χ4n) is 1.96. The van der Waals surface area contributed by atoms with Crippen molar-refractivity contribution in [2.45, 2.75) is 20.4 Å². The van der Waals surface area contributed by atoms with Gasteiger partial charge in [-0.2, -0.15) is 0 Å². The largest absolute Gasteiger partial charge is 0.492 e. The summed E-state index contributed by atoms with van der Waals surface area (Å²) in [7, 11) is 0. The minimum Gasteiger partial charge on any atom is -0.492 e.